The first-order valence-electron chi connectivity index (χ1n) is 9.00. The molecule has 2 aromatic carbocycles. The van der Waals surface area contributed by atoms with Crippen LogP contribution in [0.2, 0.25) is 0 Å². The third-order valence-electron chi connectivity index (χ3n) is 4.50. The zero-order valence-corrected chi connectivity index (χ0v) is 16.4. The molecule has 0 radical (unpaired) electrons. The molecule has 0 spiro atoms. The molecule has 29 heavy (non-hydrogen) atoms. The van der Waals surface area contributed by atoms with Crippen molar-refractivity contribution in [2.75, 3.05) is 17.7 Å². The molecule has 0 saturated heterocycles. The number of hydrogen-bond acceptors (Lipinski definition) is 7. The molecule has 1 aliphatic rings. The summed E-state index contributed by atoms with van der Waals surface area (Å²) in [4.78, 5) is 27.9. The number of anilines is 2. The molecule has 1 aliphatic carbocycles. The minimum absolute atomic E-state index is 0.109. The number of nitro groups is 1. The van der Waals surface area contributed by atoms with Crippen LogP contribution < -0.4 is 15.4 Å². The Kier molecular flexibility index (Phi) is 5.13. The Hall–Kier alpha value is -3.46. The van der Waals surface area contributed by atoms with E-state index in [4.69, 9.17) is 4.74 Å². The number of carbonyl (C=O) groups is 1. The number of amides is 1. The number of aromatic nitrogens is 1. The van der Waals surface area contributed by atoms with E-state index in [0.717, 1.165) is 29.8 Å². The van der Waals surface area contributed by atoms with E-state index in [1.807, 2.05) is 29.6 Å². The van der Waals surface area contributed by atoms with Crippen LogP contribution in [0.4, 0.5) is 16.5 Å². The average Bonchev–Trinajstić information content (AvgIpc) is 3.43. The third-order valence-corrected chi connectivity index (χ3v) is 5.26. The molecule has 0 unspecified atom stereocenters. The monoisotopic (exact) mass is 410 g/mol. The van der Waals surface area contributed by atoms with Crippen molar-refractivity contribution < 1.29 is 14.5 Å². The fourth-order valence-electron chi connectivity index (χ4n) is 2.79. The maximum Gasteiger partial charge on any atom is 0.293 e. The Labute approximate surface area is 170 Å². The van der Waals surface area contributed by atoms with Gasteiger partial charge in [0.1, 0.15) is 11.4 Å². The normalized spacial score (nSPS) is 13.0. The molecule has 1 saturated carbocycles. The molecule has 4 rings (SSSR count). The summed E-state index contributed by atoms with van der Waals surface area (Å²) in [7, 11) is 1.60. The smallest absolute Gasteiger partial charge is 0.293 e. The largest absolute Gasteiger partial charge is 0.497 e. The van der Waals surface area contributed by atoms with Gasteiger partial charge < -0.3 is 10.1 Å². The van der Waals surface area contributed by atoms with Gasteiger partial charge >= 0.3 is 0 Å². The predicted molar refractivity (Wildman–Crippen MR) is 112 cm³/mol. The number of hydrogen-bond donors (Lipinski definition) is 2. The lowest BCUT2D eigenvalue weighted by Gasteiger charge is -2.07. The lowest BCUT2D eigenvalue weighted by atomic mass is 10.1. The highest BCUT2D eigenvalue weighted by atomic mass is 32.1. The predicted octanol–water partition coefficient (Wildman–Crippen LogP) is 4.55. The number of thiazole rings is 1. The van der Waals surface area contributed by atoms with E-state index in [9.17, 15) is 14.9 Å². The first-order chi connectivity index (χ1) is 14.0. The van der Waals surface area contributed by atoms with Gasteiger partial charge in [0.05, 0.1) is 17.7 Å². The van der Waals surface area contributed by atoms with Crippen LogP contribution in [0.25, 0.3) is 11.3 Å². The lowest BCUT2D eigenvalue weighted by Crippen LogP contribution is -2.13. The molecule has 3 aromatic rings. The molecule has 0 bridgehead atoms. The van der Waals surface area contributed by atoms with Crippen LogP contribution in [0.15, 0.2) is 47.8 Å². The summed E-state index contributed by atoms with van der Waals surface area (Å²) in [5.74, 6) is 0.306. The van der Waals surface area contributed by atoms with Gasteiger partial charge in [0.2, 0.25) is 0 Å². The first-order valence-corrected chi connectivity index (χ1v) is 9.88. The summed E-state index contributed by atoms with van der Waals surface area (Å²) < 4.78 is 5.14. The molecule has 1 heterocycles. The van der Waals surface area contributed by atoms with Gasteiger partial charge in [0.15, 0.2) is 5.13 Å². The van der Waals surface area contributed by atoms with E-state index in [2.05, 4.69) is 15.6 Å². The molecular weight excluding hydrogens is 392 g/mol. The molecule has 148 valence electrons. The van der Waals surface area contributed by atoms with Crippen molar-refractivity contribution in [2.24, 2.45) is 0 Å². The van der Waals surface area contributed by atoms with E-state index in [0.29, 0.717) is 10.8 Å². The Morgan fingerprint density at radius 3 is 2.66 bits per heavy atom. The summed E-state index contributed by atoms with van der Waals surface area (Å²) in [5, 5.41) is 19.5. The van der Waals surface area contributed by atoms with Crippen molar-refractivity contribution in [3.8, 4) is 17.0 Å². The summed E-state index contributed by atoms with van der Waals surface area (Å²) in [6.45, 7) is 0. The third kappa shape index (κ3) is 4.35. The molecule has 2 N–H and O–H groups in total. The summed E-state index contributed by atoms with van der Waals surface area (Å²) in [6.07, 6.45) is 2.00. The molecule has 8 nitrogen and oxygen atoms in total. The second kappa shape index (κ2) is 7.88. The minimum atomic E-state index is -0.479. The number of methoxy groups -OCH3 is 1. The first kappa shape index (κ1) is 18.9. The van der Waals surface area contributed by atoms with Crippen molar-refractivity contribution in [2.45, 2.75) is 18.9 Å². The van der Waals surface area contributed by atoms with E-state index in [-0.39, 0.29) is 17.3 Å². The fraction of sp³-hybridized carbons (Fsp3) is 0.200. The summed E-state index contributed by atoms with van der Waals surface area (Å²) in [6, 6.07) is 12.2. The van der Waals surface area contributed by atoms with Gasteiger partial charge in [-0.05, 0) is 49.2 Å². The summed E-state index contributed by atoms with van der Waals surface area (Å²) in [5.41, 5.74) is 2.16. The van der Waals surface area contributed by atoms with E-state index < -0.39 is 10.8 Å². The molecule has 0 atom stereocenters. The Bertz CT molecular complexity index is 1060. The van der Waals surface area contributed by atoms with Crippen molar-refractivity contribution in [3.05, 3.63) is 63.5 Å². The molecule has 1 amide bonds. The average molecular weight is 410 g/mol. The van der Waals surface area contributed by atoms with Gasteiger partial charge in [-0.25, -0.2) is 4.98 Å². The molecular formula is C20H18N4O4S. The standard InChI is InChI=1S/C20H18N4O4S/c1-28-15-7-2-12(3-8-15)17-11-29-20(22-17)23-19(25)13-4-9-16(21-14-5-6-14)18(10-13)24(26)27/h2-4,7-11,14,21H,5-6H2,1H3,(H,22,23,25). The Balaban J connectivity index is 1.49. The topological polar surface area (TPSA) is 106 Å². The van der Waals surface area contributed by atoms with Crippen LogP contribution in [0, 0.1) is 10.1 Å². The van der Waals surface area contributed by atoms with Crippen molar-refractivity contribution in [1.82, 2.24) is 4.98 Å². The van der Waals surface area contributed by atoms with Gasteiger partial charge in [-0.1, -0.05) is 0 Å². The SMILES string of the molecule is COc1ccc(-c2csc(NC(=O)c3ccc(NC4CC4)c([N+](=O)[O-])c3)n2)cc1. The number of ether oxygens (including phenoxy) is 1. The van der Waals surface area contributed by atoms with Gasteiger partial charge in [-0.15, -0.1) is 11.3 Å². The highest BCUT2D eigenvalue weighted by Gasteiger charge is 2.25. The zero-order valence-electron chi connectivity index (χ0n) is 15.5. The number of benzene rings is 2. The van der Waals surface area contributed by atoms with E-state index in [1.165, 1.54) is 17.4 Å². The maximum absolute atomic E-state index is 12.6. The van der Waals surface area contributed by atoms with E-state index >= 15 is 0 Å². The van der Waals surface area contributed by atoms with Gasteiger partial charge in [-0.2, -0.15) is 0 Å². The van der Waals surface area contributed by atoms with Crippen LogP contribution in [0.3, 0.4) is 0 Å². The number of rotatable bonds is 7. The van der Waals surface area contributed by atoms with Gasteiger partial charge in [-0.3, -0.25) is 20.2 Å². The quantitative estimate of drug-likeness (QED) is 0.437. The lowest BCUT2D eigenvalue weighted by molar-refractivity contribution is -0.384. The number of nitro benzene ring substituents is 1. The number of nitrogens with one attached hydrogen (secondary N) is 2. The molecule has 1 aromatic heterocycles. The highest BCUT2D eigenvalue weighted by Crippen LogP contribution is 2.32. The number of nitrogens with zero attached hydrogens (tertiary/aromatic N) is 2. The fourth-order valence-corrected chi connectivity index (χ4v) is 3.50. The van der Waals surface area contributed by atoms with Crippen molar-refractivity contribution in [3.63, 3.8) is 0 Å². The molecule has 1 fully saturated rings. The number of carbonyl (C=O) groups excluding carboxylic acids is 1. The maximum atomic E-state index is 12.6. The van der Waals surface area contributed by atoms with E-state index in [1.54, 1.807) is 19.2 Å². The molecule has 9 heteroatoms. The van der Waals surface area contributed by atoms with Gasteiger partial charge in [0.25, 0.3) is 11.6 Å². The van der Waals surface area contributed by atoms with Crippen LogP contribution in [0.1, 0.15) is 23.2 Å². The Morgan fingerprint density at radius 1 is 1.24 bits per heavy atom. The second-order valence-electron chi connectivity index (χ2n) is 6.63. The zero-order chi connectivity index (χ0) is 20.4. The van der Waals surface area contributed by atoms with Gasteiger partial charge in [0, 0.05) is 28.6 Å². The van der Waals surface area contributed by atoms with Crippen LogP contribution >= 0.6 is 11.3 Å². The minimum Gasteiger partial charge on any atom is -0.497 e. The van der Waals surface area contributed by atoms with Crippen LogP contribution in [-0.4, -0.2) is 29.0 Å². The van der Waals surface area contributed by atoms with Crippen LogP contribution in [0.5, 0.6) is 5.75 Å². The van der Waals surface area contributed by atoms with Crippen molar-refractivity contribution >= 4 is 33.8 Å². The summed E-state index contributed by atoms with van der Waals surface area (Å²) >= 11 is 1.29. The van der Waals surface area contributed by atoms with Crippen molar-refractivity contribution in [1.29, 1.82) is 0 Å². The Morgan fingerprint density at radius 2 is 2.00 bits per heavy atom. The molecule has 0 aliphatic heterocycles. The van der Waals surface area contributed by atoms with Crippen LogP contribution in [-0.2, 0) is 0 Å². The highest BCUT2D eigenvalue weighted by molar-refractivity contribution is 7.14. The second-order valence-corrected chi connectivity index (χ2v) is 7.49.